The van der Waals surface area contributed by atoms with Crippen LogP contribution in [0.4, 0.5) is 5.69 Å². The van der Waals surface area contributed by atoms with Crippen molar-refractivity contribution in [1.29, 1.82) is 0 Å². The van der Waals surface area contributed by atoms with Gasteiger partial charge in [0, 0.05) is 23.2 Å². The van der Waals surface area contributed by atoms with E-state index in [2.05, 4.69) is 39.6 Å². The minimum absolute atomic E-state index is 0.381. The minimum atomic E-state index is -0.506. The van der Waals surface area contributed by atoms with Gasteiger partial charge in [0.25, 0.3) is 5.91 Å². The Morgan fingerprint density at radius 2 is 2.00 bits per heavy atom. The molecule has 0 aliphatic carbocycles. The molecule has 3 aromatic rings. The summed E-state index contributed by atoms with van der Waals surface area (Å²) in [6.07, 6.45) is 0.752. The van der Waals surface area contributed by atoms with E-state index in [1.54, 1.807) is 0 Å². The summed E-state index contributed by atoms with van der Waals surface area (Å²) in [5, 5.41) is 4.13. The number of carbonyl (C=O) groups excluding carboxylic acids is 1. The first-order chi connectivity index (χ1) is 13.0. The van der Waals surface area contributed by atoms with E-state index in [1.807, 2.05) is 13.8 Å². The molecule has 0 spiro atoms. The van der Waals surface area contributed by atoms with E-state index in [4.69, 9.17) is 11.5 Å². The number of aryl methyl sites for hydroxylation is 2. The smallest absolute Gasteiger partial charge is 0.260 e. The number of nitrogens with zero attached hydrogens (tertiary/aromatic N) is 2. The number of nitrogens with one attached hydrogen (secondary N) is 1. The predicted molar refractivity (Wildman–Crippen MR) is 111 cm³/mol. The Morgan fingerprint density at radius 3 is 2.63 bits per heavy atom. The van der Waals surface area contributed by atoms with Crippen molar-refractivity contribution in [3.63, 3.8) is 0 Å². The second-order valence-corrected chi connectivity index (χ2v) is 7.72. The number of nitrogens with two attached hydrogens (primary N) is 2. The highest BCUT2D eigenvalue weighted by atomic mass is 32.1. The lowest BCUT2D eigenvalue weighted by atomic mass is 9.96. The van der Waals surface area contributed by atoms with Crippen LogP contribution in [0.2, 0.25) is 0 Å². The van der Waals surface area contributed by atoms with Crippen LogP contribution in [-0.2, 0) is 6.42 Å². The number of benzene rings is 1. The summed E-state index contributed by atoms with van der Waals surface area (Å²) in [7, 11) is 0. The zero-order valence-electron chi connectivity index (χ0n) is 15.3. The number of anilines is 1. The van der Waals surface area contributed by atoms with E-state index in [0.717, 1.165) is 57.9 Å². The van der Waals surface area contributed by atoms with Crippen LogP contribution in [0.15, 0.2) is 29.3 Å². The van der Waals surface area contributed by atoms with Gasteiger partial charge in [0.05, 0.1) is 12.2 Å². The molecule has 138 valence electrons. The molecule has 0 radical (unpaired) electrons. The van der Waals surface area contributed by atoms with Crippen molar-refractivity contribution in [3.8, 4) is 0 Å². The summed E-state index contributed by atoms with van der Waals surface area (Å²) in [4.78, 5) is 21.9. The molecule has 0 fully saturated rings. The lowest BCUT2D eigenvalue weighted by molar-refractivity contribution is 0.100. The molecule has 3 heterocycles. The normalized spacial score (nSPS) is 13.6. The number of aromatic nitrogens is 1. The average molecular weight is 379 g/mol. The summed E-state index contributed by atoms with van der Waals surface area (Å²) in [5.74, 6) is 0.454. The lowest BCUT2D eigenvalue weighted by Crippen LogP contribution is -2.19. The zero-order chi connectivity index (χ0) is 19.1. The van der Waals surface area contributed by atoms with Crippen molar-refractivity contribution < 1.29 is 4.79 Å². The summed E-state index contributed by atoms with van der Waals surface area (Å²) in [6.45, 7) is 5.76. The SMILES string of the molecule is Cc1nc2sc(C(N)=O)c(N)c2c(C)c1Cc1ccc(C2=NCCN2)cc1. The Bertz CT molecular complexity index is 1080. The highest BCUT2D eigenvalue weighted by molar-refractivity contribution is 7.21. The highest BCUT2D eigenvalue weighted by Crippen LogP contribution is 2.37. The van der Waals surface area contributed by atoms with Crippen molar-refractivity contribution in [3.05, 3.63) is 57.1 Å². The molecule has 0 saturated carbocycles. The fourth-order valence-corrected chi connectivity index (χ4v) is 4.59. The van der Waals surface area contributed by atoms with Crippen LogP contribution >= 0.6 is 11.3 Å². The van der Waals surface area contributed by atoms with Crippen LogP contribution in [0, 0.1) is 13.8 Å². The first-order valence-electron chi connectivity index (χ1n) is 8.81. The average Bonchev–Trinajstić information content (AvgIpc) is 3.27. The van der Waals surface area contributed by atoms with E-state index in [-0.39, 0.29) is 0 Å². The quantitative estimate of drug-likeness (QED) is 0.647. The fraction of sp³-hybridized carbons (Fsp3) is 0.250. The van der Waals surface area contributed by atoms with Gasteiger partial charge in [-0.3, -0.25) is 9.79 Å². The number of carbonyl (C=O) groups is 1. The third-order valence-corrected chi connectivity index (χ3v) is 6.08. The van der Waals surface area contributed by atoms with Gasteiger partial charge >= 0.3 is 0 Å². The van der Waals surface area contributed by atoms with Gasteiger partial charge < -0.3 is 16.8 Å². The van der Waals surface area contributed by atoms with Crippen LogP contribution in [0.3, 0.4) is 0 Å². The van der Waals surface area contributed by atoms with Crippen LogP contribution in [-0.4, -0.2) is 29.8 Å². The van der Waals surface area contributed by atoms with E-state index < -0.39 is 5.91 Å². The van der Waals surface area contributed by atoms with Gasteiger partial charge in [0.1, 0.15) is 15.5 Å². The van der Waals surface area contributed by atoms with Gasteiger partial charge in [0.2, 0.25) is 0 Å². The van der Waals surface area contributed by atoms with Gasteiger partial charge in [-0.05, 0) is 37.0 Å². The van der Waals surface area contributed by atoms with Gasteiger partial charge in [-0.25, -0.2) is 4.98 Å². The largest absolute Gasteiger partial charge is 0.397 e. The van der Waals surface area contributed by atoms with E-state index in [9.17, 15) is 4.79 Å². The molecule has 5 N–H and O–H groups in total. The number of hydrogen-bond acceptors (Lipinski definition) is 6. The Kier molecular flexibility index (Phi) is 4.31. The van der Waals surface area contributed by atoms with Crippen molar-refractivity contribution >= 4 is 39.0 Å². The maximum atomic E-state index is 11.6. The molecule has 7 heteroatoms. The molecular weight excluding hydrogens is 358 g/mol. The number of aliphatic imine (C=N–C) groups is 1. The summed E-state index contributed by atoms with van der Waals surface area (Å²) < 4.78 is 0. The molecule has 0 atom stereocenters. The van der Waals surface area contributed by atoms with E-state index in [1.165, 1.54) is 16.9 Å². The molecule has 0 unspecified atom stereocenters. The molecule has 0 saturated heterocycles. The number of pyridine rings is 1. The second-order valence-electron chi connectivity index (χ2n) is 6.72. The molecule has 4 rings (SSSR count). The maximum absolute atomic E-state index is 11.6. The monoisotopic (exact) mass is 379 g/mol. The Hall–Kier alpha value is -2.93. The minimum Gasteiger partial charge on any atom is -0.397 e. The van der Waals surface area contributed by atoms with Crippen molar-refractivity contribution in [2.45, 2.75) is 20.3 Å². The van der Waals surface area contributed by atoms with Crippen LogP contribution in [0.1, 0.15) is 37.6 Å². The van der Waals surface area contributed by atoms with Gasteiger partial charge in [-0.15, -0.1) is 11.3 Å². The zero-order valence-corrected chi connectivity index (χ0v) is 16.1. The van der Waals surface area contributed by atoms with Crippen LogP contribution in [0.5, 0.6) is 0 Å². The topological polar surface area (TPSA) is 106 Å². The van der Waals surface area contributed by atoms with E-state index >= 15 is 0 Å². The Balaban J connectivity index is 1.71. The number of fused-ring (bicyclic) bond motifs is 1. The number of thiophene rings is 1. The maximum Gasteiger partial charge on any atom is 0.260 e. The van der Waals surface area contributed by atoms with Crippen molar-refractivity contribution in [2.75, 3.05) is 18.8 Å². The number of amidine groups is 1. The standard InChI is InChI=1S/C20H21N5OS/c1-10-14(9-12-3-5-13(6-4-12)19-23-7-8-24-19)11(2)25-20-15(10)16(21)17(27-20)18(22)26/h3-6H,7-9,21H2,1-2H3,(H2,22,26)(H,23,24). The molecular formula is C20H21N5OS. The Morgan fingerprint density at radius 1 is 1.26 bits per heavy atom. The highest BCUT2D eigenvalue weighted by Gasteiger charge is 2.20. The third-order valence-electron chi connectivity index (χ3n) is 4.97. The first-order valence-corrected chi connectivity index (χ1v) is 9.63. The molecule has 0 bridgehead atoms. The number of rotatable bonds is 4. The van der Waals surface area contributed by atoms with Crippen molar-refractivity contribution in [1.82, 2.24) is 10.3 Å². The number of hydrogen-bond donors (Lipinski definition) is 3. The molecule has 1 aliphatic rings. The first kappa shape index (κ1) is 17.5. The fourth-order valence-electron chi connectivity index (χ4n) is 3.53. The van der Waals surface area contributed by atoms with Crippen LogP contribution in [0.25, 0.3) is 10.2 Å². The third kappa shape index (κ3) is 3.04. The predicted octanol–water partition coefficient (Wildman–Crippen LogP) is 2.53. The Labute approximate surface area is 161 Å². The molecule has 1 aliphatic heterocycles. The van der Waals surface area contributed by atoms with Gasteiger partial charge in [-0.2, -0.15) is 0 Å². The molecule has 2 aromatic heterocycles. The van der Waals surface area contributed by atoms with Crippen molar-refractivity contribution in [2.24, 2.45) is 10.7 Å². The summed E-state index contributed by atoms with van der Waals surface area (Å²) in [6, 6.07) is 8.42. The molecule has 1 amide bonds. The lowest BCUT2D eigenvalue weighted by Gasteiger charge is -2.12. The summed E-state index contributed by atoms with van der Waals surface area (Å²) >= 11 is 1.26. The molecule has 6 nitrogen and oxygen atoms in total. The molecule has 1 aromatic carbocycles. The second kappa shape index (κ2) is 6.66. The van der Waals surface area contributed by atoms with Gasteiger partial charge in [0.15, 0.2) is 0 Å². The number of primary amides is 1. The van der Waals surface area contributed by atoms with Gasteiger partial charge in [-0.1, -0.05) is 24.3 Å². The number of amides is 1. The van der Waals surface area contributed by atoms with Crippen LogP contribution < -0.4 is 16.8 Å². The number of nitrogen functional groups attached to an aromatic ring is 1. The van der Waals surface area contributed by atoms with E-state index in [0.29, 0.717) is 10.6 Å². The summed E-state index contributed by atoms with van der Waals surface area (Å²) in [5.41, 5.74) is 17.5. The molecule has 27 heavy (non-hydrogen) atoms.